The summed E-state index contributed by atoms with van der Waals surface area (Å²) in [6.07, 6.45) is 5.57. The molecule has 0 N–H and O–H groups in total. The first-order valence-corrected chi connectivity index (χ1v) is 9.64. The summed E-state index contributed by atoms with van der Waals surface area (Å²) in [5.74, 6) is -1.05. The molecule has 1 atom stereocenters. The van der Waals surface area contributed by atoms with Crippen molar-refractivity contribution in [1.29, 1.82) is 0 Å². The van der Waals surface area contributed by atoms with Crippen LogP contribution in [0.25, 0.3) is 0 Å². The van der Waals surface area contributed by atoms with Crippen molar-refractivity contribution in [1.82, 2.24) is 4.90 Å². The number of hydrogen-bond donors (Lipinski definition) is 0. The molecular formula is C18H23F2N3OS. The van der Waals surface area contributed by atoms with E-state index in [1.165, 1.54) is 43.2 Å². The molecule has 4 nitrogen and oxygen atoms in total. The molecule has 3 rings (SSSR count). The molecule has 1 heterocycles. The van der Waals surface area contributed by atoms with Crippen LogP contribution < -0.4 is 4.90 Å². The van der Waals surface area contributed by atoms with Crippen LogP contribution >= 0.6 is 11.8 Å². The number of aliphatic imine (C=N–C) groups is 1. The van der Waals surface area contributed by atoms with E-state index in [2.05, 4.69) is 0 Å². The van der Waals surface area contributed by atoms with Crippen LogP contribution in [-0.2, 0) is 4.79 Å². The lowest BCUT2D eigenvalue weighted by Gasteiger charge is -2.33. The molecular weight excluding hydrogens is 344 g/mol. The predicted molar refractivity (Wildman–Crippen MR) is 97.8 cm³/mol. The molecule has 0 aromatic heterocycles. The van der Waals surface area contributed by atoms with Crippen LogP contribution in [0.1, 0.15) is 39.0 Å². The minimum Gasteiger partial charge on any atom is -0.333 e. The van der Waals surface area contributed by atoms with E-state index in [1.807, 2.05) is 11.9 Å². The van der Waals surface area contributed by atoms with Crippen molar-refractivity contribution in [2.24, 2.45) is 4.99 Å². The van der Waals surface area contributed by atoms with Gasteiger partial charge in [-0.25, -0.2) is 8.78 Å². The second-order valence-corrected chi connectivity index (χ2v) is 7.58. The Bertz CT molecular complexity index is 676. The number of hydrogen-bond acceptors (Lipinski definition) is 3. The quantitative estimate of drug-likeness (QED) is 0.810. The molecule has 1 aromatic carbocycles. The minimum atomic E-state index is -0.730. The fraction of sp³-hybridized carbons (Fsp3) is 0.556. The highest BCUT2D eigenvalue weighted by Crippen LogP contribution is 2.32. The summed E-state index contributed by atoms with van der Waals surface area (Å²) in [4.78, 5) is 20.4. The Morgan fingerprint density at radius 3 is 2.64 bits per heavy atom. The van der Waals surface area contributed by atoms with Gasteiger partial charge in [0.1, 0.15) is 17.8 Å². The zero-order valence-electron chi connectivity index (χ0n) is 14.5. The van der Waals surface area contributed by atoms with Crippen molar-refractivity contribution in [3.63, 3.8) is 0 Å². The van der Waals surface area contributed by atoms with Gasteiger partial charge in [0, 0.05) is 25.8 Å². The maximum atomic E-state index is 14.2. The van der Waals surface area contributed by atoms with E-state index in [1.54, 1.807) is 11.8 Å². The number of anilines is 1. The zero-order valence-corrected chi connectivity index (χ0v) is 15.4. The van der Waals surface area contributed by atoms with Crippen molar-refractivity contribution < 1.29 is 13.6 Å². The van der Waals surface area contributed by atoms with Crippen LogP contribution in [0.15, 0.2) is 23.2 Å². The van der Waals surface area contributed by atoms with Gasteiger partial charge in [0.25, 0.3) is 0 Å². The van der Waals surface area contributed by atoms with Crippen molar-refractivity contribution in [3.05, 3.63) is 29.8 Å². The van der Waals surface area contributed by atoms with Gasteiger partial charge in [0.05, 0.1) is 11.7 Å². The number of amides is 1. The van der Waals surface area contributed by atoms with Crippen LogP contribution in [0.3, 0.4) is 0 Å². The molecule has 136 valence electrons. The standard InChI is InChI=1S/C18H23F2N3OS/c1-12(24)23(16-9-8-13(19)10-15(16)20)17-11-25-18(22(17)2)21-14-6-4-3-5-7-14/h8-10,14,17H,3-7,11H2,1-2H3. The van der Waals surface area contributed by atoms with Crippen molar-refractivity contribution in [3.8, 4) is 0 Å². The Labute approximate surface area is 151 Å². The number of thioether (sulfide) groups is 1. The number of benzene rings is 1. The number of halogens is 2. The topological polar surface area (TPSA) is 35.9 Å². The summed E-state index contributed by atoms with van der Waals surface area (Å²) in [7, 11) is 1.88. The Hall–Kier alpha value is -1.63. The number of carbonyl (C=O) groups is 1. The molecule has 0 radical (unpaired) electrons. The van der Waals surface area contributed by atoms with Gasteiger partial charge in [-0.15, -0.1) is 0 Å². The number of carbonyl (C=O) groups excluding carboxylic acids is 1. The molecule has 1 saturated carbocycles. The highest BCUT2D eigenvalue weighted by Gasteiger charge is 2.36. The lowest BCUT2D eigenvalue weighted by Crippen LogP contribution is -2.48. The fourth-order valence-electron chi connectivity index (χ4n) is 3.45. The summed E-state index contributed by atoms with van der Waals surface area (Å²) in [5, 5.41) is 0.894. The maximum Gasteiger partial charge on any atom is 0.225 e. The van der Waals surface area contributed by atoms with Gasteiger partial charge in [0.15, 0.2) is 5.17 Å². The Balaban J connectivity index is 1.83. The zero-order chi connectivity index (χ0) is 18.0. The second-order valence-electron chi connectivity index (χ2n) is 6.59. The van der Waals surface area contributed by atoms with Crippen molar-refractivity contribution in [2.45, 2.75) is 51.2 Å². The number of amidine groups is 1. The molecule has 2 aliphatic rings. The van der Waals surface area contributed by atoms with Crippen molar-refractivity contribution >= 4 is 28.5 Å². The van der Waals surface area contributed by atoms with Gasteiger partial charge in [-0.3, -0.25) is 14.7 Å². The third-order valence-electron chi connectivity index (χ3n) is 4.78. The van der Waals surface area contributed by atoms with Crippen LogP contribution in [-0.4, -0.2) is 41.0 Å². The van der Waals surface area contributed by atoms with Crippen LogP contribution in [0.2, 0.25) is 0 Å². The van der Waals surface area contributed by atoms with Crippen molar-refractivity contribution in [2.75, 3.05) is 17.7 Å². The molecule has 7 heteroatoms. The van der Waals surface area contributed by atoms with Gasteiger partial charge in [-0.1, -0.05) is 31.0 Å². The summed E-state index contributed by atoms with van der Waals surface area (Å²) < 4.78 is 27.4. The highest BCUT2D eigenvalue weighted by molar-refractivity contribution is 8.14. The van der Waals surface area contributed by atoms with Gasteiger partial charge < -0.3 is 4.90 Å². The van der Waals surface area contributed by atoms with Crippen LogP contribution in [0.5, 0.6) is 0 Å². The minimum absolute atomic E-state index is 0.102. The van der Waals surface area contributed by atoms with Crippen LogP contribution in [0.4, 0.5) is 14.5 Å². The van der Waals surface area contributed by atoms with E-state index in [4.69, 9.17) is 4.99 Å². The van der Waals surface area contributed by atoms with Gasteiger partial charge in [-0.05, 0) is 25.0 Å². The molecule has 1 aliphatic carbocycles. The van der Waals surface area contributed by atoms with E-state index in [-0.39, 0.29) is 17.8 Å². The van der Waals surface area contributed by atoms with E-state index in [0.717, 1.165) is 24.1 Å². The van der Waals surface area contributed by atoms with E-state index in [9.17, 15) is 13.6 Å². The summed E-state index contributed by atoms with van der Waals surface area (Å²) in [6, 6.07) is 3.64. The summed E-state index contributed by atoms with van der Waals surface area (Å²) >= 11 is 1.59. The number of rotatable bonds is 3. The summed E-state index contributed by atoms with van der Waals surface area (Å²) in [6.45, 7) is 1.40. The smallest absolute Gasteiger partial charge is 0.225 e. The molecule has 1 saturated heterocycles. The van der Waals surface area contributed by atoms with E-state index < -0.39 is 11.6 Å². The molecule has 25 heavy (non-hydrogen) atoms. The Morgan fingerprint density at radius 2 is 2.00 bits per heavy atom. The average Bonchev–Trinajstić information content (AvgIpc) is 2.92. The lowest BCUT2D eigenvalue weighted by atomic mass is 9.96. The van der Waals surface area contributed by atoms with E-state index in [0.29, 0.717) is 11.8 Å². The first-order valence-electron chi connectivity index (χ1n) is 8.65. The third kappa shape index (κ3) is 3.97. The maximum absolute atomic E-state index is 14.2. The Kier molecular flexibility index (Phi) is 5.61. The van der Waals surface area contributed by atoms with Gasteiger partial charge in [-0.2, -0.15) is 0 Å². The lowest BCUT2D eigenvalue weighted by molar-refractivity contribution is -0.117. The van der Waals surface area contributed by atoms with E-state index >= 15 is 0 Å². The largest absolute Gasteiger partial charge is 0.333 e. The highest BCUT2D eigenvalue weighted by atomic mass is 32.2. The first kappa shape index (κ1) is 18.2. The summed E-state index contributed by atoms with van der Waals surface area (Å²) in [5.41, 5.74) is 0.102. The van der Waals surface area contributed by atoms with Crippen LogP contribution in [0, 0.1) is 11.6 Å². The van der Waals surface area contributed by atoms with Gasteiger partial charge in [0.2, 0.25) is 5.91 Å². The molecule has 1 aliphatic heterocycles. The molecule has 0 spiro atoms. The second kappa shape index (κ2) is 7.72. The predicted octanol–water partition coefficient (Wildman–Crippen LogP) is 4.01. The normalized spacial score (nSPS) is 23.3. The monoisotopic (exact) mass is 367 g/mol. The van der Waals surface area contributed by atoms with Gasteiger partial charge >= 0.3 is 0 Å². The SMILES string of the molecule is CC(=O)N(c1ccc(F)cc1F)C1CSC(=NC2CCCCC2)N1C. The first-order chi connectivity index (χ1) is 12.0. The molecule has 1 aromatic rings. The Morgan fingerprint density at radius 1 is 1.28 bits per heavy atom. The molecule has 1 amide bonds. The average molecular weight is 367 g/mol. The molecule has 1 unspecified atom stereocenters. The third-order valence-corrected chi connectivity index (χ3v) is 5.90. The fourth-order valence-corrected chi connectivity index (χ4v) is 4.67. The number of nitrogens with zero attached hydrogens (tertiary/aromatic N) is 3. The molecule has 2 fully saturated rings. The molecule has 0 bridgehead atoms.